The van der Waals surface area contributed by atoms with Crippen molar-refractivity contribution in [2.45, 2.75) is 25.7 Å². The summed E-state index contributed by atoms with van der Waals surface area (Å²) in [5, 5.41) is 0. The van der Waals surface area contributed by atoms with E-state index >= 15 is 0 Å². The quantitative estimate of drug-likeness (QED) is 0.878. The van der Waals surface area contributed by atoms with Crippen LogP contribution < -0.4 is 10.6 Å². The van der Waals surface area contributed by atoms with Gasteiger partial charge in [0.2, 0.25) is 5.91 Å². The highest BCUT2D eigenvalue weighted by Gasteiger charge is 2.21. The number of carbonyl (C=O) groups excluding carboxylic acids is 1. The summed E-state index contributed by atoms with van der Waals surface area (Å²) in [5.41, 5.74) is 9.96. The predicted octanol–water partition coefficient (Wildman–Crippen LogP) is 3.18. The van der Waals surface area contributed by atoms with Crippen molar-refractivity contribution >= 4 is 17.3 Å². The third-order valence-electron chi connectivity index (χ3n) is 4.02. The molecule has 2 aromatic rings. The van der Waals surface area contributed by atoms with Gasteiger partial charge in [-0.25, -0.2) is 0 Å². The van der Waals surface area contributed by atoms with Gasteiger partial charge < -0.3 is 10.6 Å². The van der Waals surface area contributed by atoms with Crippen LogP contribution in [0.3, 0.4) is 0 Å². The molecule has 3 rings (SSSR count). The van der Waals surface area contributed by atoms with Crippen molar-refractivity contribution in [3.63, 3.8) is 0 Å². The lowest BCUT2D eigenvalue weighted by atomic mass is 10.0. The fourth-order valence-electron chi connectivity index (χ4n) is 2.86. The number of nitrogens with zero attached hydrogens (tertiary/aromatic N) is 1. The minimum absolute atomic E-state index is 0.207. The van der Waals surface area contributed by atoms with E-state index in [2.05, 4.69) is 12.1 Å². The molecule has 0 saturated heterocycles. The molecule has 0 unspecified atom stereocenters. The topological polar surface area (TPSA) is 46.3 Å². The molecule has 0 spiro atoms. The first-order valence-electron chi connectivity index (χ1n) is 7.47. The maximum absolute atomic E-state index is 12.5. The van der Waals surface area contributed by atoms with Crippen LogP contribution >= 0.6 is 0 Å². The van der Waals surface area contributed by atoms with E-state index in [1.807, 2.05) is 41.3 Å². The molecule has 0 bridgehead atoms. The molecule has 1 amide bonds. The second kappa shape index (κ2) is 6.00. The third kappa shape index (κ3) is 3.07. The Morgan fingerprint density at radius 1 is 1.10 bits per heavy atom. The second-order valence-electron chi connectivity index (χ2n) is 5.52. The van der Waals surface area contributed by atoms with Crippen LogP contribution in [0.25, 0.3) is 0 Å². The highest BCUT2D eigenvalue weighted by Crippen LogP contribution is 2.27. The molecule has 108 valence electrons. The van der Waals surface area contributed by atoms with E-state index in [0.29, 0.717) is 6.42 Å². The van der Waals surface area contributed by atoms with Crippen LogP contribution in [-0.4, -0.2) is 12.5 Å². The number of fused-ring (bicyclic) bond motifs is 1. The summed E-state index contributed by atoms with van der Waals surface area (Å²) < 4.78 is 0. The Balaban J connectivity index is 1.68. The SMILES string of the molecule is Nc1ccc(CCC(=O)N2CCCc3ccccc32)cc1. The van der Waals surface area contributed by atoms with E-state index in [9.17, 15) is 4.79 Å². The zero-order valence-electron chi connectivity index (χ0n) is 12.1. The van der Waals surface area contributed by atoms with Crippen LogP contribution in [0.4, 0.5) is 11.4 Å². The van der Waals surface area contributed by atoms with Gasteiger partial charge in [0.15, 0.2) is 0 Å². The summed E-state index contributed by atoms with van der Waals surface area (Å²) in [4.78, 5) is 14.4. The van der Waals surface area contributed by atoms with E-state index < -0.39 is 0 Å². The molecule has 0 fully saturated rings. The van der Waals surface area contributed by atoms with Gasteiger partial charge in [0, 0.05) is 24.3 Å². The van der Waals surface area contributed by atoms with Gasteiger partial charge in [-0.3, -0.25) is 4.79 Å². The Morgan fingerprint density at radius 2 is 1.86 bits per heavy atom. The van der Waals surface area contributed by atoms with Gasteiger partial charge in [0.25, 0.3) is 0 Å². The zero-order chi connectivity index (χ0) is 14.7. The lowest BCUT2D eigenvalue weighted by molar-refractivity contribution is -0.118. The van der Waals surface area contributed by atoms with Crippen LogP contribution in [0.1, 0.15) is 24.0 Å². The molecule has 0 saturated carbocycles. The molecule has 2 aromatic carbocycles. The van der Waals surface area contributed by atoms with Crippen molar-refractivity contribution in [2.24, 2.45) is 0 Å². The maximum Gasteiger partial charge on any atom is 0.227 e. The van der Waals surface area contributed by atoms with Gasteiger partial charge in [-0.2, -0.15) is 0 Å². The number of nitrogens with two attached hydrogens (primary N) is 1. The Kier molecular flexibility index (Phi) is 3.91. The van der Waals surface area contributed by atoms with Crippen LogP contribution in [-0.2, 0) is 17.6 Å². The van der Waals surface area contributed by atoms with Crippen LogP contribution in [0.5, 0.6) is 0 Å². The Labute approximate surface area is 125 Å². The van der Waals surface area contributed by atoms with Crippen molar-refractivity contribution in [2.75, 3.05) is 17.2 Å². The van der Waals surface area contributed by atoms with E-state index in [4.69, 9.17) is 5.73 Å². The van der Waals surface area contributed by atoms with Gasteiger partial charge in [0.1, 0.15) is 0 Å². The lowest BCUT2D eigenvalue weighted by Gasteiger charge is -2.29. The van der Waals surface area contributed by atoms with Gasteiger partial charge >= 0.3 is 0 Å². The van der Waals surface area contributed by atoms with E-state index in [0.717, 1.165) is 42.7 Å². The zero-order valence-corrected chi connectivity index (χ0v) is 12.1. The molecule has 2 N–H and O–H groups in total. The number of amides is 1. The Hall–Kier alpha value is -2.29. The summed E-state index contributed by atoms with van der Waals surface area (Å²) in [6, 6.07) is 16.0. The summed E-state index contributed by atoms with van der Waals surface area (Å²) >= 11 is 0. The highest BCUT2D eigenvalue weighted by atomic mass is 16.2. The molecule has 1 heterocycles. The Morgan fingerprint density at radius 3 is 2.67 bits per heavy atom. The largest absolute Gasteiger partial charge is 0.399 e. The summed E-state index contributed by atoms with van der Waals surface area (Å²) in [7, 11) is 0. The van der Waals surface area contributed by atoms with Crippen LogP contribution in [0.15, 0.2) is 48.5 Å². The van der Waals surface area contributed by atoms with Crippen molar-refractivity contribution in [3.8, 4) is 0 Å². The summed E-state index contributed by atoms with van der Waals surface area (Å²) in [5.74, 6) is 0.207. The molecule has 1 aliphatic heterocycles. The number of aryl methyl sites for hydroxylation is 2. The molecule has 1 aliphatic rings. The van der Waals surface area contributed by atoms with Gasteiger partial charge in [-0.1, -0.05) is 30.3 Å². The van der Waals surface area contributed by atoms with Crippen molar-refractivity contribution in [3.05, 3.63) is 59.7 Å². The number of anilines is 2. The van der Waals surface area contributed by atoms with Gasteiger partial charge in [0.05, 0.1) is 0 Å². The fraction of sp³-hybridized carbons (Fsp3) is 0.278. The maximum atomic E-state index is 12.5. The monoisotopic (exact) mass is 280 g/mol. The average molecular weight is 280 g/mol. The molecular weight excluding hydrogens is 260 g/mol. The lowest BCUT2D eigenvalue weighted by Crippen LogP contribution is -2.35. The molecule has 3 nitrogen and oxygen atoms in total. The normalized spacial score (nSPS) is 13.8. The van der Waals surface area contributed by atoms with Crippen LogP contribution in [0, 0.1) is 0 Å². The van der Waals surface area contributed by atoms with Crippen LogP contribution in [0.2, 0.25) is 0 Å². The molecule has 3 heteroatoms. The number of carbonyl (C=O) groups is 1. The molecule has 0 atom stereocenters. The Bertz CT molecular complexity index is 634. The van der Waals surface area contributed by atoms with Gasteiger partial charge in [-0.15, -0.1) is 0 Å². The second-order valence-corrected chi connectivity index (χ2v) is 5.52. The number of rotatable bonds is 3. The number of hydrogen-bond donors (Lipinski definition) is 1. The van der Waals surface area contributed by atoms with Crippen molar-refractivity contribution < 1.29 is 4.79 Å². The molecule has 0 aliphatic carbocycles. The fourth-order valence-corrected chi connectivity index (χ4v) is 2.86. The predicted molar refractivity (Wildman–Crippen MR) is 86.3 cm³/mol. The number of nitrogen functional groups attached to an aromatic ring is 1. The number of para-hydroxylation sites is 1. The molecule has 0 radical (unpaired) electrons. The summed E-state index contributed by atoms with van der Waals surface area (Å²) in [6.07, 6.45) is 3.42. The first kappa shape index (κ1) is 13.7. The van der Waals surface area contributed by atoms with Crippen molar-refractivity contribution in [1.82, 2.24) is 0 Å². The van der Waals surface area contributed by atoms with E-state index in [1.54, 1.807) is 0 Å². The minimum atomic E-state index is 0.207. The standard InChI is InChI=1S/C18H20N2O/c19-16-10-7-14(8-11-16)9-12-18(21)20-13-3-5-15-4-1-2-6-17(15)20/h1-2,4,6-8,10-11H,3,5,9,12-13,19H2. The minimum Gasteiger partial charge on any atom is -0.399 e. The molecular formula is C18H20N2O. The van der Waals surface area contributed by atoms with E-state index in [1.165, 1.54) is 5.56 Å². The number of hydrogen-bond acceptors (Lipinski definition) is 2. The van der Waals surface area contributed by atoms with Gasteiger partial charge in [-0.05, 0) is 48.6 Å². The average Bonchev–Trinajstić information content (AvgIpc) is 2.53. The molecule has 0 aromatic heterocycles. The smallest absolute Gasteiger partial charge is 0.227 e. The first-order valence-corrected chi connectivity index (χ1v) is 7.47. The first-order chi connectivity index (χ1) is 10.2. The van der Waals surface area contributed by atoms with Crippen molar-refractivity contribution in [1.29, 1.82) is 0 Å². The summed E-state index contributed by atoms with van der Waals surface area (Å²) in [6.45, 7) is 0.831. The third-order valence-corrected chi connectivity index (χ3v) is 4.02. The highest BCUT2D eigenvalue weighted by molar-refractivity contribution is 5.94. The van der Waals surface area contributed by atoms with E-state index in [-0.39, 0.29) is 5.91 Å². The molecule has 21 heavy (non-hydrogen) atoms. The number of benzene rings is 2.